The fourth-order valence-electron chi connectivity index (χ4n) is 5.30. The Morgan fingerprint density at radius 1 is 0.875 bits per heavy atom. The molecule has 0 spiro atoms. The number of thioether (sulfide) groups is 1. The van der Waals surface area contributed by atoms with Crippen LogP contribution in [0.4, 0.5) is 5.69 Å². The second-order valence-electron chi connectivity index (χ2n) is 11.2. The number of anilines is 1. The largest absolute Gasteiger partial charge is 0.494 e. The molecular weight excluding hydrogens is 512 g/mol. The van der Waals surface area contributed by atoms with Crippen LogP contribution >= 0.6 is 11.8 Å². The van der Waals surface area contributed by atoms with E-state index >= 15 is 0 Å². The third kappa shape index (κ3) is 12.4. The van der Waals surface area contributed by atoms with Crippen molar-refractivity contribution >= 4 is 23.4 Å². The van der Waals surface area contributed by atoms with Gasteiger partial charge in [0, 0.05) is 31.9 Å². The van der Waals surface area contributed by atoms with Crippen molar-refractivity contribution in [3.63, 3.8) is 0 Å². The highest BCUT2D eigenvalue weighted by Gasteiger charge is 2.14. The van der Waals surface area contributed by atoms with E-state index in [-0.39, 0.29) is 5.91 Å². The van der Waals surface area contributed by atoms with Gasteiger partial charge < -0.3 is 14.5 Å². The van der Waals surface area contributed by atoms with Gasteiger partial charge >= 0.3 is 0 Å². The van der Waals surface area contributed by atoms with E-state index in [9.17, 15) is 4.79 Å². The van der Waals surface area contributed by atoms with Crippen molar-refractivity contribution in [1.29, 1.82) is 0 Å². The number of rotatable bonds is 20. The minimum atomic E-state index is 0.0731. The molecule has 0 saturated heterocycles. The van der Waals surface area contributed by atoms with Gasteiger partial charge in [0.25, 0.3) is 0 Å². The molecule has 2 aromatic rings. The molecule has 0 aromatic heterocycles. The Morgan fingerprint density at radius 2 is 1.52 bits per heavy atom. The van der Waals surface area contributed by atoms with Gasteiger partial charge in [0.2, 0.25) is 5.91 Å². The highest BCUT2D eigenvalue weighted by Crippen LogP contribution is 2.27. The molecule has 0 fully saturated rings. The molecule has 220 valence electrons. The van der Waals surface area contributed by atoms with Gasteiger partial charge in [-0.05, 0) is 60.1 Å². The monoisotopic (exact) mass is 564 g/mol. The summed E-state index contributed by atoms with van der Waals surface area (Å²) < 4.78 is 6.07. The molecule has 5 heteroatoms. The Balaban J connectivity index is 1.35. The normalized spacial score (nSPS) is 13.0. The number of allylic oxidation sites excluding steroid dienone is 1. The number of benzene rings is 2. The van der Waals surface area contributed by atoms with Crippen LogP contribution in [-0.4, -0.2) is 29.8 Å². The number of nitrogens with zero attached hydrogens (tertiary/aromatic N) is 2. The number of carbonyl (C=O) groups is 1. The molecule has 1 aliphatic rings. The zero-order valence-corrected chi connectivity index (χ0v) is 26.2. The zero-order valence-electron chi connectivity index (χ0n) is 25.3. The van der Waals surface area contributed by atoms with Crippen LogP contribution in [0.25, 0.3) is 0 Å². The van der Waals surface area contributed by atoms with Crippen LogP contribution < -0.4 is 9.64 Å². The van der Waals surface area contributed by atoms with E-state index in [1.807, 2.05) is 28.8 Å². The van der Waals surface area contributed by atoms with Crippen molar-refractivity contribution in [2.24, 2.45) is 0 Å². The van der Waals surface area contributed by atoms with Gasteiger partial charge in [-0.25, -0.2) is 0 Å². The summed E-state index contributed by atoms with van der Waals surface area (Å²) in [4.78, 5) is 18.1. The number of unbranched alkanes of at least 4 members (excludes halogenated alkanes) is 11. The Bertz CT molecular complexity index is 1040. The molecule has 2 aromatic carbocycles. The third-order valence-electron chi connectivity index (χ3n) is 7.60. The number of amides is 1. The predicted molar refractivity (Wildman–Crippen MR) is 173 cm³/mol. The quantitative estimate of drug-likeness (QED) is 0.150. The fourth-order valence-corrected chi connectivity index (χ4v) is 6.06. The summed E-state index contributed by atoms with van der Waals surface area (Å²) in [5.41, 5.74) is 3.39. The van der Waals surface area contributed by atoms with Crippen molar-refractivity contribution < 1.29 is 9.53 Å². The van der Waals surface area contributed by atoms with E-state index in [1.54, 1.807) is 6.92 Å². The summed E-state index contributed by atoms with van der Waals surface area (Å²) >= 11 is 1.87. The Kier molecular flexibility index (Phi) is 15.1. The molecule has 0 N–H and O–H groups in total. The first-order valence-electron chi connectivity index (χ1n) is 15.7. The molecule has 0 aliphatic carbocycles. The van der Waals surface area contributed by atoms with Gasteiger partial charge in [-0.1, -0.05) is 102 Å². The molecule has 0 atom stereocenters. The molecule has 4 nitrogen and oxygen atoms in total. The number of hydrogen-bond donors (Lipinski definition) is 0. The second kappa shape index (κ2) is 18.9. The summed E-state index contributed by atoms with van der Waals surface area (Å²) in [7, 11) is 0. The predicted octanol–water partition coefficient (Wildman–Crippen LogP) is 9.73. The molecule has 0 bridgehead atoms. The molecule has 1 amide bonds. The standard InChI is InChI=1S/C35H52N2O2S/c1-4-5-6-7-8-9-10-11-12-13-14-15-24-39-35-21-17-18-32(26-35)22-23-37(31(3)38)34-20-16-19-33(25-34)28-36-27-30(2)40-29-36/h16-21,25-27H,4-15,22-24,28-29H2,1-3H3. The van der Waals surface area contributed by atoms with E-state index in [1.165, 1.54) is 86.7 Å². The van der Waals surface area contributed by atoms with E-state index in [0.717, 1.165) is 43.3 Å². The summed E-state index contributed by atoms with van der Waals surface area (Å²) in [6.07, 6.45) is 19.2. The average molecular weight is 565 g/mol. The molecular formula is C35H52N2O2S. The maximum atomic E-state index is 12.6. The Hall–Kier alpha value is -2.40. The van der Waals surface area contributed by atoms with E-state index in [2.05, 4.69) is 61.3 Å². The van der Waals surface area contributed by atoms with Gasteiger partial charge in [-0.3, -0.25) is 4.79 Å². The summed E-state index contributed by atoms with van der Waals surface area (Å²) in [5.74, 6) is 2.00. The first kappa shape index (κ1) is 32.1. The SMILES string of the molecule is CCCCCCCCCCCCCCOc1cccc(CCN(C(C)=O)c2cccc(CN3C=C(C)SC3)c2)c1. The lowest BCUT2D eigenvalue weighted by Gasteiger charge is -2.23. The van der Waals surface area contributed by atoms with Gasteiger partial charge in [0.1, 0.15) is 5.75 Å². The third-order valence-corrected chi connectivity index (χ3v) is 8.62. The van der Waals surface area contributed by atoms with Crippen LogP contribution in [0.3, 0.4) is 0 Å². The second-order valence-corrected chi connectivity index (χ2v) is 12.4. The van der Waals surface area contributed by atoms with Gasteiger partial charge in [-0.2, -0.15) is 0 Å². The summed E-state index contributed by atoms with van der Waals surface area (Å²) in [5, 5.41) is 0. The molecule has 1 heterocycles. The van der Waals surface area contributed by atoms with Crippen LogP contribution in [0.2, 0.25) is 0 Å². The smallest absolute Gasteiger partial charge is 0.223 e. The fraction of sp³-hybridized carbons (Fsp3) is 0.571. The van der Waals surface area contributed by atoms with E-state index in [4.69, 9.17) is 4.74 Å². The molecule has 3 rings (SSSR count). The summed E-state index contributed by atoms with van der Waals surface area (Å²) in [6.45, 7) is 8.38. The number of carbonyl (C=O) groups excluding carboxylic acids is 1. The van der Waals surface area contributed by atoms with Crippen molar-refractivity contribution in [1.82, 2.24) is 4.90 Å². The van der Waals surface area contributed by atoms with Crippen molar-refractivity contribution in [2.75, 3.05) is 23.9 Å². The van der Waals surface area contributed by atoms with Gasteiger partial charge in [0.15, 0.2) is 0 Å². The first-order chi connectivity index (χ1) is 19.5. The summed E-state index contributed by atoms with van der Waals surface area (Å²) in [6, 6.07) is 16.8. The lowest BCUT2D eigenvalue weighted by Crippen LogP contribution is -2.30. The lowest BCUT2D eigenvalue weighted by atomic mass is 10.1. The molecule has 0 saturated carbocycles. The number of hydrogen-bond acceptors (Lipinski definition) is 4. The topological polar surface area (TPSA) is 32.8 Å². The van der Waals surface area contributed by atoms with Crippen molar-refractivity contribution in [2.45, 2.75) is 111 Å². The van der Waals surface area contributed by atoms with Crippen LogP contribution in [0, 0.1) is 0 Å². The first-order valence-corrected chi connectivity index (χ1v) is 16.7. The maximum absolute atomic E-state index is 12.6. The van der Waals surface area contributed by atoms with Crippen LogP contribution in [0.15, 0.2) is 59.6 Å². The van der Waals surface area contributed by atoms with Crippen LogP contribution in [0.1, 0.15) is 109 Å². The van der Waals surface area contributed by atoms with Crippen LogP contribution in [0.5, 0.6) is 5.75 Å². The van der Waals surface area contributed by atoms with E-state index < -0.39 is 0 Å². The van der Waals surface area contributed by atoms with Gasteiger partial charge in [-0.15, -0.1) is 11.8 Å². The Morgan fingerprint density at radius 3 is 2.17 bits per heavy atom. The Labute approximate surface area is 248 Å². The highest BCUT2D eigenvalue weighted by atomic mass is 32.2. The molecule has 0 unspecified atom stereocenters. The van der Waals surface area contributed by atoms with Gasteiger partial charge in [0.05, 0.1) is 12.5 Å². The molecule has 0 radical (unpaired) electrons. The minimum Gasteiger partial charge on any atom is -0.494 e. The maximum Gasteiger partial charge on any atom is 0.223 e. The highest BCUT2D eigenvalue weighted by molar-refractivity contribution is 8.03. The van der Waals surface area contributed by atoms with Crippen molar-refractivity contribution in [3.8, 4) is 5.75 Å². The van der Waals surface area contributed by atoms with E-state index in [0.29, 0.717) is 6.54 Å². The van der Waals surface area contributed by atoms with Crippen molar-refractivity contribution in [3.05, 3.63) is 70.8 Å². The molecule has 40 heavy (non-hydrogen) atoms. The van der Waals surface area contributed by atoms with Crippen LogP contribution in [-0.2, 0) is 17.8 Å². The molecule has 1 aliphatic heterocycles. The average Bonchev–Trinajstić information content (AvgIpc) is 3.36. The zero-order chi connectivity index (χ0) is 28.4. The lowest BCUT2D eigenvalue weighted by molar-refractivity contribution is -0.116. The number of ether oxygens (including phenoxy) is 1. The minimum absolute atomic E-state index is 0.0731.